The lowest BCUT2D eigenvalue weighted by atomic mass is 9.93. The quantitative estimate of drug-likeness (QED) is 0.818. The molecule has 1 amide bonds. The number of rotatable bonds is 5. The molecule has 0 aliphatic heterocycles. The third-order valence-electron chi connectivity index (χ3n) is 2.77. The number of hydrogen-bond donors (Lipinski definition) is 2. The van der Waals surface area contributed by atoms with E-state index in [-0.39, 0.29) is 11.3 Å². The fraction of sp³-hybridized carbons (Fsp3) is 0.500. The minimum absolute atomic E-state index is 0.00674. The highest BCUT2D eigenvalue weighted by Crippen LogP contribution is 2.12. The lowest BCUT2D eigenvalue weighted by Crippen LogP contribution is -2.39. The number of benzene rings is 1. The number of nitrogens with one attached hydrogen (secondary N) is 2. The summed E-state index contributed by atoms with van der Waals surface area (Å²) in [5, 5.41) is 6.12. The van der Waals surface area contributed by atoms with Gasteiger partial charge >= 0.3 is 0 Å². The molecule has 3 nitrogen and oxygen atoms in total. The van der Waals surface area contributed by atoms with Crippen molar-refractivity contribution in [3.05, 3.63) is 35.4 Å². The largest absolute Gasteiger partial charge is 0.351 e. The molecule has 0 aliphatic carbocycles. The molecule has 17 heavy (non-hydrogen) atoms. The Morgan fingerprint density at radius 1 is 1.24 bits per heavy atom. The van der Waals surface area contributed by atoms with Gasteiger partial charge in [0.2, 0.25) is 0 Å². The molecule has 0 radical (unpaired) electrons. The van der Waals surface area contributed by atoms with Gasteiger partial charge in [-0.1, -0.05) is 32.0 Å². The molecule has 0 spiro atoms. The number of amides is 1. The Kier molecular flexibility index (Phi) is 4.70. The number of carbonyl (C=O) groups excluding carboxylic acids is 1. The van der Waals surface area contributed by atoms with E-state index in [0.717, 1.165) is 17.7 Å². The Balaban J connectivity index is 2.59. The smallest absolute Gasteiger partial charge is 0.251 e. The van der Waals surface area contributed by atoms with Crippen molar-refractivity contribution in [2.75, 3.05) is 20.1 Å². The van der Waals surface area contributed by atoms with Gasteiger partial charge in [0.05, 0.1) is 0 Å². The zero-order valence-electron chi connectivity index (χ0n) is 11.1. The number of aryl methyl sites for hydroxylation is 1. The first-order valence-electron chi connectivity index (χ1n) is 5.95. The van der Waals surface area contributed by atoms with Crippen LogP contribution in [0.1, 0.15) is 29.8 Å². The lowest BCUT2D eigenvalue weighted by Gasteiger charge is -2.24. The SMILES string of the molecule is CNCC(C)(C)CNC(=O)c1ccccc1C. The minimum Gasteiger partial charge on any atom is -0.351 e. The van der Waals surface area contributed by atoms with Gasteiger partial charge in [0.15, 0.2) is 0 Å². The second-order valence-corrected chi connectivity index (χ2v) is 5.19. The first-order valence-corrected chi connectivity index (χ1v) is 5.95. The molecule has 0 saturated heterocycles. The van der Waals surface area contributed by atoms with Gasteiger partial charge in [-0.3, -0.25) is 4.79 Å². The normalized spacial score (nSPS) is 11.3. The molecule has 1 aromatic carbocycles. The summed E-state index contributed by atoms with van der Waals surface area (Å²) < 4.78 is 0. The highest BCUT2D eigenvalue weighted by Gasteiger charge is 2.18. The van der Waals surface area contributed by atoms with Crippen molar-refractivity contribution in [2.24, 2.45) is 5.41 Å². The molecule has 1 aromatic rings. The van der Waals surface area contributed by atoms with E-state index in [0.29, 0.717) is 6.54 Å². The third kappa shape index (κ3) is 4.19. The van der Waals surface area contributed by atoms with Crippen molar-refractivity contribution in [1.29, 1.82) is 0 Å². The summed E-state index contributed by atoms with van der Waals surface area (Å²) in [5.74, 6) is 0.00674. The summed E-state index contributed by atoms with van der Waals surface area (Å²) in [6.45, 7) is 7.75. The van der Waals surface area contributed by atoms with E-state index in [9.17, 15) is 4.79 Å². The predicted molar refractivity (Wildman–Crippen MR) is 71.2 cm³/mol. The van der Waals surface area contributed by atoms with Gasteiger partial charge in [0.25, 0.3) is 5.91 Å². The second-order valence-electron chi connectivity index (χ2n) is 5.19. The van der Waals surface area contributed by atoms with Crippen LogP contribution in [0.5, 0.6) is 0 Å². The Morgan fingerprint density at radius 3 is 2.47 bits per heavy atom. The second kappa shape index (κ2) is 5.82. The maximum atomic E-state index is 12.0. The average Bonchev–Trinajstić information content (AvgIpc) is 2.27. The van der Waals surface area contributed by atoms with Crippen LogP contribution in [0.2, 0.25) is 0 Å². The van der Waals surface area contributed by atoms with Crippen LogP contribution in [0, 0.1) is 12.3 Å². The Bertz CT molecular complexity index is 386. The highest BCUT2D eigenvalue weighted by atomic mass is 16.1. The first-order chi connectivity index (χ1) is 7.96. The summed E-state index contributed by atoms with van der Waals surface area (Å²) in [7, 11) is 1.92. The molecule has 0 unspecified atom stereocenters. The summed E-state index contributed by atoms with van der Waals surface area (Å²) in [4.78, 5) is 12.0. The van der Waals surface area contributed by atoms with E-state index in [1.807, 2.05) is 38.2 Å². The average molecular weight is 234 g/mol. The van der Waals surface area contributed by atoms with Crippen LogP contribution in [0.4, 0.5) is 0 Å². The van der Waals surface area contributed by atoms with Crippen LogP contribution in [0.15, 0.2) is 24.3 Å². The summed E-state index contributed by atoms with van der Waals surface area (Å²) in [6, 6.07) is 7.64. The first kappa shape index (κ1) is 13.7. The molecule has 0 heterocycles. The summed E-state index contributed by atoms with van der Waals surface area (Å²) >= 11 is 0. The van der Waals surface area contributed by atoms with Crippen LogP contribution in [-0.4, -0.2) is 26.0 Å². The van der Waals surface area contributed by atoms with E-state index in [1.165, 1.54) is 0 Å². The Morgan fingerprint density at radius 2 is 1.88 bits per heavy atom. The lowest BCUT2D eigenvalue weighted by molar-refractivity contribution is 0.0936. The molecule has 94 valence electrons. The van der Waals surface area contributed by atoms with Gasteiger partial charge in [-0.05, 0) is 31.0 Å². The topological polar surface area (TPSA) is 41.1 Å². The molecule has 0 saturated carbocycles. The molecular formula is C14H22N2O. The van der Waals surface area contributed by atoms with Crippen molar-refractivity contribution < 1.29 is 4.79 Å². The molecule has 0 atom stereocenters. The van der Waals surface area contributed by atoms with E-state index in [2.05, 4.69) is 24.5 Å². The molecule has 0 bridgehead atoms. The molecule has 0 aliphatic rings. The predicted octanol–water partition coefficient (Wildman–Crippen LogP) is 1.97. The fourth-order valence-corrected chi connectivity index (χ4v) is 1.78. The standard InChI is InChI=1S/C14H22N2O/c1-11-7-5-6-8-12(11)13(17)16-10-14(2,3)9-15-4/h5-8,15H,9-10H2,1-4H3,(H,16,17). The van der Waals surface area contributed by atoms with Crippen molar-refractivity contribution in [1.82, 2.24) is 10.6 Å². The van der Waals surface area contributed by atoms with Gasteiger partial charge in [-0.15, -0.1) is 0 Å². The molecule has 0 fully saturated rings. The van der Waals surface area contributed by atoms with Gasteiger partial charge in [-0.2, -0.15) is 0 Å². The van der Waals surface area contributed by atoms with Crippen LogP contribution < -0.4 is 10.6 Å². The molecular weight excluding hydrogens is 212 g/mol. The third-order valence-corrected chi connectivity index (χ3v) is 2.77. The zero-order valence-corrected chi connectivity index (χ0v) is 11.1. The summed E-state index contributed by atoms with van der Waals surface area (Å²) in [5.41, 5.74) is 1.83. The Labute approximate surface area is 104 Å². The van der Waals surface area contributed by atoms with E-state index < -0.39 is 0 Å². The van der Waals surface area contributed by atoms with Crippen LogP contribution >= 0.6 is 0 Å². The van der Waals surface area contributed by atoms with Crippen LogP contribution in [-0.2, 0) is 0 Å². The van der Waals surface area contributed by atoms with Crippen molar-refractivity contribution in [3.63, 3.8) is 0 Å². The van der Waals surface area contributed by atoms with E-state index in [1.54, 1.807) is 0 Å². The molecule has 1 rings (SSSR count). The van der Waals surface area contributed by atoms with Crippen molar-refractivity contribution >= 4 is 5.91 Å². The van der Waals surface area contributed by atoms with E-state index in [4.69, 9.17) is 0 Å². The van der Waals surface area contributed by atoms with Crippen molar-refractivity contribution in [3.8, 4) is 0 Å². The van der Waals surface area contributed by atoms with Crippen LogP contribution in [0.25, 0.3) is 0 Å². The fourth-order valence-electron chi connectivity index (χ4n) is 1.78. The monoisotopic (exact) mass is 234 g/mol. The molecule has 2 N–H and O–H groups in total. The van der Waals surface area contributed by atoms with Crippen molar-refractivity contribution in [2.45, 2.75) is 20.8 Å². The van der Waals surface area contributed by atoms with E-state index >= 15 is 0 Å². The highest BCUT2D eigenvalue weighted by molar-refractivity contribution is 5.95. The van der Waals surface area contributed by atoms with Crippen LogP contribution in [0.3, 0.4) is 0 Å². The number of carbonyl (C=O) groups is 1. The summed E-state index contributed by atoms with van der Waals surface area (Å²) in [6.07, 6.45) is 0. The number of hydrogen-bond acceptors (Lipinski definition) is 2. The van der Waals surface area contributed by atoms with Gasteiger partial charge in [-0.25, -0.2) is 0 Å². The van der Waals surface area contributed by atoms with Gasteiger partial charge < -0.3 is 10.6 Å². The van der Waals surface area contributed by atoms with Gasteiger partial charge in [0.1, 0.15) is 0 Å². The Hall–Kier alpha value is -1.35. The zero-order chi connectivity index (χ0) is 12.9. The maximum absolute atomic E-state index is 12.0. The van der Waals surface area contributed by atoms with Gasteiger partial charge in [0, 0.05) is 18.7 Å². The molecule has 3 heteroatoms. The minimum atomic E-state index is 0.00674. The molecule has 0 aromatic heterocycles. The maximum Gasteiger partial charge on any atom is 0.251 e.